The third-order valence-corrected chi connectivity index (χ3v) is 7.90. The summed E-state index contributed by atoms with van der Waals surface area (Å²) in [5.74, 6) is 0. The average Bonchev–Trinajstić information content (AvgIpc) is 3.86. The van der Waals surface area contributed by atoms with Gasteiger partial charge >= 0.3 is 0 Å². The van der Waals surface area contributed by atoms with Crippen LogP contribution >= 0.6 is 0 Å². The molecule has 7 aromatic rings. The minimum atomic E-state index is 1.03. The number of hydrogen-bond acceptors (Lipinski definition) is 0. The molecule has 4 heteroatoms. The topological polar surface area (TPSA) is 63.2 Å². The molecule has 0 amide bonds. The highest BCUT2D eigenvalue weighted by Crippen LogP contribution is 2.25. The summed E-state index contributed by atoms with van der Waals surface area (Å²) in [6.45, 7) is 0. The smallest absolute Gasteiger partial charge is 0.0485 e. The fourth-order valence-corrected chi connectivity index (χ4v) is 6.01. The van der Waals surface area contributed by atoms with Crippen LogP contribution in [0.4, 0.5) is 0 Å². The van der Waals surface area contributed by atoms with Gasteiger partial charge in [-0.1, -0.05) is 91.0 Å². The Kier molecular flexibility index (Phi) is 5.75. The molecule has 0 saturated carbocycles. The molecule has 42 heavy (non-hydrogen) atoms. The number of nitrogens with one attached hydrogen (secondary N) is 4. The molecule has 5 heterocycles. The van der Waals surface area contributed by atoms with Gasteiger partial charge < -0.3 is 19.9 Å². The molecule has 1 aliphatic heterocycles. The van der Waals surface area contributed by atoms with Gasteiger partial charge in [0, 0.05) is 60.9 Å². The molecule has 0 fully saturated rings. The summed E-state index contributed by atoms with van der Waals surface area (Å²) in [6.07, 6.45) is 2.16. The molecule has 0 atom stereocenters. The highest BCUT2D eigenvalue weighted by atomic mass is 14.8. The fourth-order valence-electron chi connectivity index (χ4n) is 6.01. The van der Waals surface area contributed by atoms with Crippen LogP contribution in [-0.4, -0.2) is 19.9 Å². The Hall–Kier alpha value is -5.74. The lowest BCUT2D eigenvalue weighted by molar-refractivity contribution is 1.19. The summed E-state index contributed by atoms with van der Waals surface area (Å²) in [5.41, 5.74) is 11.0. The van der Waals surface area contributed by atoms with Crippen molar-refractivity contribution in [2.24, 2.45) is 0 Å². The summed E-state index contributed by atoms with van der Waals surface area (Å²) < 4.78 is 0. The molecule has 8 rings (SSSR count). The van der Waals surface area contributed by atoms with Crippen molar-refractivity contribution in [1.82, 2.24) is 19.9 Å². The maximum absolute atomic E-state index is 3.80. The van der Waals surface area contributed by atoms with Crippen molar-refractivity contribution in [3.8, 4) is 0 Å². The Morgan fingerprint density at radius 3 is 1.26 bits per heavy atom. The Morgan fingerprint density at radius 2 is 0.738 bits per heavy atom. The first-order valence-corrected chi connectivity index (χ1v) is 14.2. The van der Waals surface area contributed by atoms with E-state index in [9.17, 15) is 0 Å². The average molecular weight is 541 g/mol. The van der Waals surface area contributed by atoms with Crippen LogP contribution in [0.3, 0.4) is 0 Å². The van der Waals surface area contributed by atoms with Crippen molar-refractivity contribution in [3.05, 3.63) is 200 Å². The molecule has 4 N–H and O–H groups in total. The zero-order valence-corrected chi connectivity index (χ0v) is 22.9. The second-order valence-corrected chi connectivity index (χ2v) is 10.6. The Bertz CT molecular complexity index is 2280. The summed E-state index contributed by atoms with van der Waals surface area (Å²) in [7, 11) is 0. The van der Waals surface area contributed by atoms with Crippen LogP contribution < -0.4 is 21.4 Å². The predicted octanol–water partition coefficient (Wildman–Crippen LogP) is 4.88. The molecule has 0 radical (unpaired) electrons. The van der Waals surface area contributed by atoms with Gasteiger partial charge in [-0.3, -0.25) is 0 Å². The monoisotopic (exact) mass is 540 g/mol. The van der Waals surface area contributed by atoms with Gasteiger partial charge in [0.2, 0.25) is 0 Å². The van der Waals surface area contributed by atoms with Crippen LogP contribution in [-0.2, 0) is 0 Å². The number of rotatable bonds is 3. The van der Waals surface area contributed by atoms with Gasteiger partial charge in [0.1, 0.15) is 0 Å². The van der Waals surface area contributed by atoms with Gasteiger partial charge in [0.05, 0.1) is 0 Å². The van der Waals surface area contributed by atoms with E-state index in [0.29, 0.717) is 0 Å². The highest BCUT2D eigenvalue weighted by molar-refractivity contribution is 5.82. The number of hydrogen-bond donors (Lipinski definition) is 4. The fraction of sp³-hybridized carbons (Fsp3) is 0. The number of aromatic amines is 4. The van der Waals surface area contributed by atoms with Crippen LogP contribution in [0.2, 0.25) is 0 Å². The van der Waals surface area contributed by atoms with E-state index in [0.717, 1.165) is 77.6 Å². The van der Waals surface area contributed by atoms with Crippen molar-refractivity contribution in [2.45, 2.75) is 0 Å². The van der Waals surface area contributed by atoms with Gasteiger partial charge in [-0.05, 0) is 71.3 Å². The summed E-state index contributed by atoms with van der Waals surface area (Å²) in [4.78, 5) is 14.9. The normalized spacial score (nSPS) is 17.5. The third kappa shape index (κ3) is 4.27. The highest BCUT2D eigenvalue weighted by Gasteiger charge is 2.15. The zero-order chi connectivity index (χ0) is 27.9. The van der Waals surface area contributed by atoms with E-state index >= 15 is 0 Å². The third-order valence-electron chi connectivity index (χ3n) is 7.90. The zero-order valence-electron chi connectivity index (χ0n) is 22.9. The first-order chi connectivity index (χ1) is 20.8. The van der Waals surface area contributed by atoms with E-state index < -0.39 is 0 Å². The molecular formula is C38H28N4. The van der Waals surface area contributed by atoms with Gasteiger partial charge in [-0.25, -0.2) is 0 Å². The molecule has 0 spiro atoms. The van der Waals surface area contributed by atoms with E-state index in [2.05, 4.69) is 166 Å². The minimum Gasteiger partial charge on any atom is -0.355 e. The van der Waals surface area contributed by atoms with Crippen LogP contribution in [0.1, 0.15) is 39.5 Å². The number of H-pyrrole nitrogens is 4. The molecule has 0 aliphatic carbocycles. The van der Waals surface area contributed by atoms with Crippen LogP contribution in [0, 0.1) is 0 Å². The van der Waals surface area contributed by atoms with Crippen LogP contribution in [0.25, 0.3) is 22.8 Å². The number of benzene rings is 3. The number of aromatic nitrogens is 4. The van der Waals surface area contributed by atoms with Crippen LogP contribution in [0.15, 0.2) is 140 Å². The molecule has 4 aromatic heterocycles. The first kappa shape index (κ1) is 24.1. The van der Waals surface area contributed by atoms with Crippen molar-refractivity contribution in [1.29, 1.82) is 0 Å². The molecule has 8 bridgehead atoms. The number of fused-ring (bicyclic) bond motifs is 8. The molecule has 0 saturated heterocycles. The Morgan fingerprint density at radius 1 is 0.310 bits per heavy atom. The van der Waals surface area contributed by atoms with Gasteiger partial charge in [-0.15, -0.1) is 0 Å². The predicted molar refractivity (Wildman–Crippen MR) is 169 cm³/mol. The van der Waals surface area contributed by atoms with Gasteiger partial charge in [0.25, 0.3) is 0 Å². The SMILES string of the molecule is C1=c2/cc/c([nH]2)=C(\c2ccccc2)c2ccc([nH]2)/C(c2ccccc2)=c2/cc/c([nH]2)=C(\c2ccccc2)c2ccc/1[nH]2. The van der Waals surface area contributed by atoms with Gasteiger partial charge in [-0.2, -0.15) is 0 Å². The molecular weight excluding hydrogens is 512 g/mol. The Balaban J connectivity index is 1.50. The van der Waals surface area contributed by atoms with E-state index in [1.165, 1.54) is 0 Å². The summed E-state index contributed by atoms with van der Waals surface area (Å²) in [6, 6.07) is 49.1. The summed E-state index contributed by atoms with van der Waals surface area (Å²) >= 11 is 0. The first-order valence-electron chi connectivity index (χ1n) is 14.2. The second-order valence-electron chi connectivity index (χ2n) is 10.6. The lowest BCUT2D eigenvalue weighted by atomic mass is 10.0. The van der Waals surface area contributed by atoms with E-state index in [-0.39, 0.29) is 0 Å². The summed E-state index contributed by atoms with van der Waals surface area (Å²) in [5, 5.41) is 4.19. The molecule has 0 unspecified atom stereocenters. The molecule has 3 aromatic carbocycles. The largest absolute Gasteiger partial charge is 0.355 e. The lowest BCUT2D eigenvalue weighted by Gasteiger charge is -2.08. The van der Waals surface area contributed by atoms with Crippen molar-refractivity contribution in [3.63, 3.8) is 0 Å². The van der Waals surface area contributed by atoms with Gasteiger partial charge in [0.15, 0.2) is 0 Å². The minimum absolute atomic E-state index is 1.03. The van der Waals surface area contributed by atoms with E-state index in [1.54, 1.807) is 0 Å². The van der Waals surface area contributed by atoms with E-state index in [1.807, 2.05) is 0 Å². The van der Waals surface area contributed by atoms with Crippen LogP contribution in [0.5, 0.6) is 0 Å². The standard InChI is InChI=1S/C38H28N4/c1-4-10-25(11-5-1)36-30-18-16-28(39-30)24-29-17-19-31(40-29)37(26-12-6-2-7-13-26)33-21-23-35(42-33)38(27-14-8-3-9-15-27)34-22-20-32(36)41-34/h1-24,39-42H/b28-24-,29-24?,36-30-,36-32?,37-31?,37-33-,38-34?,38-35-. The maximum Gasteiger partial charge on any atom is 0.0485 e. The molecule has 4 nitrogen and oxygen atoms in total. The molecule has 1 aliphatic rings. The quantitative estimate of drug-likeness (QED) is 0.247. The van der Waals surface area contributed by atoms with Crippen molar-refractivity contribution in [2.75, 3.05) is 0 Å². The van der Waals surface area contributed by atoms with Crippen molar-refractivity contribution >= 4 is 22.8 Å². The second kappa shape index (κ2) is 10.0. The molecule has 200 valence electrons. The lowest BCUT2D eigenvalue weighted by Crippen LogP contribution is -2.18. The Labute approximate surface area is 242 Å². The maximum atomic E-state index is 3.80. The van der Waals surface area contributed by atoms with Crippen molar-refractivity contribution < 1.29 is 0 Å². The van der Waals surface area contributed by atoms with E-state index in [4.69, 9.17) is 0 Å².